The van der Waals surface area contributed by atoms with E-state index in [0.29, 0.717) is 12.7 Å². The van der Waals surface area contributed by atoms with Crippen molar-refractivity contribution in [3.8, 4) is 0 Å². The zero-order chi connectivity index (χ0) is 11.4. The normalized spacial score (nSPS) is 26.9. The van der Waals surface area contributed by atoms with E-state index in [1.165, 1.54) is 7.11 Å². The van der Waals surface area contributed by atoms with Crippen LogP contribution in [-0.4, -0.2) is 31.4 Å². The molecule has 1 aliphatic heterocycles. The fraction of sp³-hybridized carbons (Fsp3) is 0.700. The second-order valence-electron chi connectivity index (χ2n) is 3.49. The van der Waals surface area contributed by atoms with Crippen molar-refractivity contribution in [1.29, 1.82) is 0 Å². The molecule has 0 aromatic carbocycles. The van der Waals surface area contributed by atoms with Gasteiger partial charge in [-0.1, -0.05) is 6.92 Å². The summed E-state index contributed by atoms with van der Waals surface area (Å²) in [6.45, 7) is 1.84. The molecule has 15 heavy (non-hydrogen) atoms. The van der Waals surface area contributed by atoms with Crippen molar-refractivity contribution in [1.82, 2.24) is 0 Å². The van der Waals surface area contributed by atoms with E-state index < -0.39 is 11.9 Å². The zero-order valence-corrected chi connectivity index (χ0v) is 8.76. The van der Waals surface area contributed by atoms with Crippen LogP contribution in [0.15, 0.2) is 0 Å². The molecule has 0 aromatic heterocycles. The SMILES string of the molecule is CC[C@H]1OC(=O)C[C@@H]1C(C=O)C(=O)OC. The van der Waals surface area contributed by atoms with Crippen LogP contribution in [0, 0.1) is 11.8 Å². The number of cyclic esters (lactones) is 1. The minimum Gasteiger partial charge on any atom is -0.468 e. The molecule has 5 heteroatoms. The molecule has 0 amide bonds. The first kappa shape index (κ1) is 11.7. The lowest BCUT2D eigenvalue weighted by Crippen LogP contribution is -2.31. The van der Waals surface area contributed by atoms with Gasteiger partial charge in [0.05, 0.1) is 13.5 Å². The highest BCUT2D eigenvalue weighted by molar-refractivity contribution is 5.89. The van der Waals surface area contributed by atoms with Crippen LogP contribution in [-0.2, 0) is 23.9 Å². The molecule has 0 saturated carbocycles. The molecule has 3 atom stereocenters. The number of methoxy groups -OCH3 is 1. The van der Waals surface area contributed by atoms with Crippen molar-refractivity contribution in [2.24, 2.45) is 11.8 Å². The molecule has 0 bridgehead atoms. The molecule has 0 radical (unpaired) electrons. The predicted octanol–water partition coefficient (Wildman–Crippen LogP) is 0.316. The molecule has 5 nitrogen and oxygen atoms in total. The molecule has 0 spiro atoms. The average Bonchev–Trinajstić information content (AvgIpc) is 2.60. The Bertz CT molecular complexity index is 273. The molecular formula is C10H14O5. The van der Waals surface area contributed by atoms with E-state index >= 15 is 0 Å². The van der Waals surface area contributed by atoms with E-state index in [4.69, 9.17) is 4.74 Å². The van der Waals surface area contributed by atoms with Gasteiger partial charge in [0.2, 0.25) is 0 Å². The molecule has 0 aliphatic carbocycles. The third kappa shape index (κ3) is 2.34. The summed E-state index contributed by atoms with van der Waals surface area (Å²) in [7, 11) is 1.22. The summed E-state index contributed by atoms with van der Waals surface area (Å²) in [4.78, 5) is 33.1. The molecule has 1 aliphatic rings. The number of aldehydes is 1. The van der Waals surface area contributed by atoms with Gasteiger partial charge in [-0.05, 0) is 6.42 Å². The predicted molar refractivity (Wildman–Crippen MR) is 49.8 cm³/mol. The van der Waals surface area contributed by atoms with Crippen LogP contribution >= 0.6 is 0 Å². The largest absolute Gasteiger partial charge is 0.468 e. The number of hydrogen-bond donors (Lipinski definition) is 0. The van der Waals surface area contributed by atoms with Gasteiger partial charge in [-0.15, -0.1) is 0 Å². The summed E-state index contributed by atoms with van der Waals surface area (Å²) in [5.41, 5.74) is 0. The first-order valence-electron chi connectivity index (χ1n) is 4.86. The van der Waals surface area contributed by atoms with Gasteiger partial charge < -0.3 is 14.3 Å². The highest BCUT2D eigenvalue weighted by Gasteiger charge is 2.42. The van der Waals surface area contributed by atoms with Gasteiger partial charge in [-0.2, -0.15) is 0 Å². The molecule has 1 rings (SSSR count). The number of carbonyl (C=O) groups excluding carboxylic acids is 3. The molecular weight excluding hydrogens is 200 g/mol. The highest BCUT2D eigenvalue weighted by Crippen LogP contribution is 2.30. The maximum atomic E-state index is 11.3. The summed E-state index contributed by atoms with van der Waals surface area (Å²) < 4.78 is 9.50. The van der Waals surface area contributed by atoms with Crippen molar-refractivity contribution in [2.75, 3.05) is 7.11 Å². The van der Waals surface area contributed by atoms with Gasteiger partial charge >= 0.3 is 11.9 Å². The van der Waals surface area contributed by atoms with Crippen molar-refractivity contribution in [3.63, 3.8) is 0 Å². The number of hydrogen-bond acceptors (Lipinski definition) is 5. The summed E-state index contributed by atoms with van der Waals surface area (Å²) in [5, 5.41) is 0. The van der Waals surface area contributed by atoms with E-state index in [1.54, 1.807) is 0 Å². The van der Waals surface area contributed by atoms with Crippen LogP contribution in [0.5, 0.6) is 0 Å². The second kappa shape index (κ2) is 4.91. The van der Waals surface area contributed by atoms with Crippen molar-refractivity contribution in [3.05, 3.63) is 0 Å². The van der Waals surface area contributed by atoms with Gasteiger partial charge in [0.25, 0.3) is 0 Å². The lowest BCUT2D eigenvalue weighted by Gasteiger charge is -2.19. The number of esters is 2. The van der Waals surface area contributed by atoms with Crippen LogP contribution in [0.2, 0.25) is 0 Å². The first-order valence-corrected chi connectivity index (χ1v) is 4.86. The van der Waals surface area contributed by atoms with E-state index in [2.05, 4.69) is 4.74 Å². The average molecular weight is 214 g/mol. The highest BCUT2D eigenvalue weighted by atomic mass is 16.6. The summed E-state index contributed by atoms with van der Waals surface area (Å²) in [6, 6.07) is 0. The van der Waals surface area contributed by atoms with Crippen molar-refractivity contribution in [2.45, 2.75) is 25.9 Å². The Morgan fingerprint density at radius 3 is 2.87 bits per heavy atom. The van der Waals surface area contributed by atoms with Crippen LogP contribution in [0.25, 0.3) is 0 Å². The first-order chi connectivity index (χ1) is 7.13. The Balaban J connectivity index is 2.79. The van der Waals surface area contributed by atoms with Gasteiger partial charge in [-0.25, -0.2) is 0 Å². The molecule has 0 aromatic rings. The Labute approximate surface area is 87.7 Å². The quantitative estimate of drug-likeness (QED) is 0.383. The Morgan fingerprint density at radius 2 is 2.40 bits per heavy atom. The second-order valence-corrected chi connectivity index (χ2v) is 3.49. The summed E-state index contributed by atoms with van der Waals surface area (Å²) in [5.74, 6) is -2.24. The van der Waals surface area contributed by atoms with E-state index in [9.17, 15) is 14.4 Å². The standard InChI is InChI=1S/C10H14O5/c1-3-8-6(4-9(12)15-8)7(5-11)10(13)14-2/h5-8H,3-4H2,1-2H3/t6-,7?,8-/m1/s1. The van der Waals surface area contributed by atoms with Gasteiger partial charge in [0.15, 0.2) is 0 Å². The third-order valence-electron chi connectivity index (χ3n) is 2.65. The Hall–Kier alpha value is -1.39. The van der Waals surface area contributed by atoms with Crippen LogP contribution in [0.1, 0.15) is 19.8 Å². The molecule has 1 saturated heterocycles. The summed E-state index contributed by atoms with van der Waals surface area (Å²) >= 11 is 0. The van der Waals surface area contributed by atoms with Gasteiger partial charge in [-0.3, -0.25) is 9.59 Å². The molecule has 84 valence electrons. The van der Waals surface area contributed by atoms with E-state index in [1.807, 2.05) is 6.92 Å². The molecule has 0 N–H and O–H groups in total. The summed E-state index contributed by atoms with van der Waals surface area (Å²) in [6.07, 6.45) is 0.877. The van der Waals surface area contributed by atoms with E-state index in [0.717, 1.165) is 0 Å². The Morgan fingerprint density at radius 1 is 1.73 bits per heavy atom. The van der Waals surface area contributed by atoms with Crippen molar-refractivity contribution < 1.29 is 23.9 Å². The van der Waals surface area contributed by atoms with E-state index in [-0.39, 0.29) is 24.4 Å². The maximum absolute atomic E-state index is 11.3. The zero-order valence-electron chi connectivity index (χ0n) is 8.76. The molecule has 1 heterocycles. The lowest BCUT2D eigenvalue weighted by molar-refractivity contribution is -0.150. The number of carbonyl (C=O) groups is 3. The fourth-order valence-electron chi connectivity index (χ4n) is 1.84. The smallest absolute Gasteiger partial charge is 0.316 e. The fourth-order valence-corrected chi connectivity index (χ4v) is 1.84. The van der Waals surface area contributed by atoms with Gasteiger partial charge in [0, 0.05) is 5.92 Å². The van der Waals surface area contributed by atoms with Crippen molar-refractivity contribution >= 4 is 18.2 Å². The van der Waals surface area contributed by atoms with Crippen LogP contribution < -0.4 is 0 Å². The molecule has 1 unspecified atom stereocenters. The molecule has 1 fully saturated rings. The Kier molecular flexibility index (Phi) is 3.82. The van der Waals surface area contributed by atoms with Crippen LogP contribution in [0.4, 0.5) is 0 Å². The minimum absolute atomic E-state index is 0.108. The lowest BCUT2D eigenvalue weighted by atomic mass is 9.86. The maximum Gasteiger partial charge on any atom is 0.316 e. The van der Waals surface area contributed by atoms with Crippen LogP contribution in [0.3, 0.4) is 0 Å². The van der Waals surface area contributed by atoms with Gasteiger partial charge in [0.1, 0.15) is 18.3 Å². The number of rotatable bonds is 4. The minimum atomic E-state index is -0.897. The topological polar surface area (TPSA) is 69.7 Å². The third-order valence-corrected chi connectivity index (χ3v) is 2.65. The number of ether oxygens (including phenoxy) is 2. The monoisotopic (exact) mass is 214 g/mol.